The van der Waals surface area contributed by atoms with Gasteiger partial charge in [-0.25, -0.2) is 0 Å². The van der Waals surface area contributed by atoms with E-state index >= 15 is 0 Å². The number of aliphatic hydroxyl groups excluding tert-OH is 1. The van der Waals surface area contributed by atoms with Crippen LogP contribution in [0.4, 0.5) is 0 Å². The van der Waals surface area contributed by atoms with Crippen LogP contribution in [0.25, 0.3) is 0 Å². The highest BCUT2D eigenvalue weighted by Crippen LogP contribution is 2.50. The molecule has 2 heterocycles. The standard InChI is InChI=1S/C19H25NO5/c1-23-17-11-16(21)19(17)6-8-20(9-7-19)18(22)5-3-13-2-4-14-15(10-13)25-12-24-14/h2,4,10,16-17,21H,3,5-9,11-12H2,1H3/t16-,17+/m1/s1. The first-order valence-corrected chi connectivity index (χ1v) is 8.99. The van der Waals surface area contributed by atoms with Crippen LogP contribution in [-0.2, 0) is 16.0 Å². The molecule has 1 saturated heterocycles. The van der Waals surface area contributed by atoms with Gasteiger partial charge in [-0.15, -0.1) is 0 Å². The van der Waals surface area contributed by atoms with Gasteiger partial charge >= 0.3 is 0 Å². The zero-order valence-corrected chi connectivity index (χ0v) is 14.6. The van der Waals surface area contributed by atoms with Crippen LogP contribution in [0.3, 0.4) is 0 Å². The van der Waals surface area contributed by atoms with Crippen molar-refractivity contribution >= 4 is 5.91 Å². The number of rotatable bonds is 4. The fourth-order valence-electron chi connectivity index (χ4n) is 4.39. The summed E-state index contributed by atoms with van der Waals surface area (Å²) < 4.78 is 16.2. The largest absolute Gasteiger partial charge is 0.454 e. The maximum Gasteiger partial charge on any atom is 0.231 e. The van der Waals surface area contributed by atoms with E-state index in [1.807, 2.05) is 23.1 Å². The summed E-state index contributed by atoms with van der Waals surface area (Å²) in [6.07, 6.45) is 3.39. The van der Waals surface area contributed by atoms with Gasteiger partial charge in [0, 0.05) is 38.5 Å². The molecule has 1 amide bonds. The smallest absolute Gasteiger partial charge is 0.231 e. The number of methoxy groups -OCH3 is 1. The third-order valence-electron chi connectivity index (χ3n) is 6.14. The summed E-state index contributed by atoms with van der Waals surface area (Å²) in [6.45, 7) is 1.68. The Morgan fingerprint density at radius 3 is 2.80 bits per heavy atom. The van der Waals surface area contributed by atoms with Crippen molar-refractivity contribution in [3.63, 3.8) is 0 Å². The van der Waals surface area contributed by atoms with Crippen molar-refractivity contribution in [2.45, 2.75) is 44.3 Å². The number of carbonyl (C=O) groups is 1. The third kappa shape index (κ3) is 2.87. The van der Waals surface area contributed by atoms with Gasteiger partial charge in [0.2, 0.25) is 12.7 Å². The summed E-state index contributed by atoms with van der Waals surface area (Å²) in [4.78, 5) is 14.5. The number of aryl methyl sites for hydroxylation is 1. The molecule has 0 radical (unpaired) electrons. The van der Waals surface area contributed by atoms with Crippen LogP contribution in [0.1, 0.15) is 31.2 Å². The Kier molecular flexibility index (Phi) is 4.33. The number of nitrogens with zero attached hydrogens (tertiary/aromatic N) is 1. The van der Waals surface area contributed by atoms with Crippen molar-refractivity contribution < 1.29 is 24.1 Å². The Balaban J connectivity index is 1.29. The van der Waals surface area contributed by atoms with Gasteiger partial charge in [0.25, 0.3) is 0 Å². The van der Waals surface area contributed by atoms with E-state index in [1.54, 1.807) is 7.11 Å². The van der Waals surface area contributed by atoms with Gasteiger partial charge in [-0.2, -0.15) is 0 Å². The summed E-state index contributed by atoms with van der Waals surface area (Å²) >= 11 is 0. The SMILES string of the molecule is CO[C@H]1C[C@@H](O)C12CCN(C(=O)CCc1ccc3c(c1)OCO3)CC2. The van der Waals surface area contributed by atoms with Gasteiger partial charge in [0.05, 0.1) is 12.2 Å². The lowest BCUT2D eigenvalue weighted by atomic mass is 9.58. The lowest BCUT2D eigenvalue weighted by Gasteiger charge is -2.56. The van der Waals surface area contributed by atoms with Crippen molar-refractivity contribution in [2.24, 2.45) is 5.41 Å². The summed E-state index contributed by atoms with van der Waals surface area (Å²) in [5, 5.41) is 10.2. The number of likely N-dealkylation sites (tertiary alicyclic amines) is 1. The number of benzene rings is 1. The van der Waals surface area contributed by atoms with Crippen LogP contribution in [0.15, 0.2) is 18.2 Å². The fourth-order valence-corrected chi connectivity index (χ4v) is 4.39. The molecule has 25 heavy (non-hydrogen) atoms. The molecular formula is C19H25NO5. The van der Waals surface area contributed by atoms with Gasteiger partial charge < -0.3 is 24.2 Å². The first kappa shape index (κ1) is 16.7. The van der Waals surface area contributed by atoms with E-state index < -0.39 is 0 Å². The first-order valence-electron chi connectivity index (χ1n) is 8.99. The molecule has 2 aliphatic heterocycles. The Morgan fingerprint density at radius 2 is 2.08 bits per heavy atom. The molecule has 6 nitrogen and oxygen atoms in total. The van der Waals surface area contributed by atoms with E-state index in [0.717, 1.165) is 29.9 Å². The highest BCUT2D eigenvalue weighted by molar-refractivity contribution is 5.76. The predicted molar refractivity (Wildman–Crippen MR) is 90.6 cm³/mol. The van der Waals surface area contributed by atoms with Crippen LogP contribution in [0.2, 0.25) is 0 Å². The molecule has 2 atom stereocenters. The van der Waals surface area contributed by atoms with Crippen LogP contribution >= 0.6 is 0 Å². The Labute approximate surface area is 147 Å². The normalized spacial score (nSPS) is 26.6. The molecule has 4 rings (SSSR count). The number of hydrogen-bond acceptors (Lipinski definition) is 5. The van der Waals surface area contributed by atoms with Crippen molar-refractivity contribution in [2.75, 3.05) is 27.0 Å². The van der Waals surface area contributed by atoms with Crippen molar-refractivity contribution in [3.05, 3.63) is 23.8 Å². The lowest BCUT2D eigenvalue weighted by Crippen LogP contribution is -2.62. The number of ether oxygens (including phenoxy) is 3. The second kappa shape index (κ2) is 6.50. The minimum absolute atomic E-state index is 0.133. The highest BCUT2D eigenvalue weighted by Gasteiger charge is 2.56. The monoisotopic (exact) mass is 347 g/mol. The molecule has 6 heteroatoms. The molecule has 1 spiro atoms. The average Bonchev–Trinajstić information content (AvgIpc) is 3.11. The molecule has 1 aliphatic carbocycles. The number of aliphatic hydroxyl groups is 1. The number of carbonyl (C=O) groups excluding carboxylic acids is 1. The van der Waals surface area contributed by atoms with E-state index in [2.05, 4.69) is 0 Å². The van der Waals surface area contributed by atoms with Crippen LogP contribution < -0.4 is 9.47 Å². The molecule has 1 saturated carbocycles. The molecule has 1 N–H and O–H groups in total. The van der Waals surface area contributed by atoms with E-state index in [0.29, 0.717) is 32.4 Å². The van der Waals surface area contributed by atoms with Crippen LogP contribution in [0.5, 0.6) is 11.5 Å². The van der Waals surface area contributed by atoms with Gasteiger partial charge in [0.1, 0.15) is 0 Å². The van der Waals surface area contributed by atoms with Gasteiger partial charge in [-0.3, -0.25) is 4.79 Å². The summed E-state index contributed by atoms with van der Waals surface area (Å²) in [5.74, 6) is 1.70. The Morgan fingerprint density at radius 1 is 1.32 bits per heavy atom. The van der Waals surface area contributed by atoms with E-state index in [1.165, 1.54) is 0 Å². The number of amides is 1. The zero-order valence-electron chi connectivity index (χ0n) is 14.6. The van der Waals surface area contributed by atoms with Crippen molar-refractivity contribution in [1.82, 2.24) is 4.90 Å². The topological polar surface area (TPSA) is 68.2 Å². The molecule has 1 aromatic carbocycles. The van der Waals surface area contributed by atoms with E-state index in [4.69, 9.17) is 14.2 Å². The molecule has 0 unspecified atom stereocenters. The quantitative estimate of drug-likeness (QED) is 0.898. The summed E-state index contributed by atoms with van der Waals surface area (Å²) in [6, 6.07) is 5.84. The van der Waals surface area contributed by atoms with Crippen molar-refractivity contribution in [1.29, 1.82) is 0 Å². The predicted octanol–water partition coefficient (Wildman–Crippen LogP) is 1.74. The number of hydrogen-bond donors (Lipinski definition) is 1. The highest BCUT2D eigenvalue weighted by atomic mass is 16.7. The number of piperidine rings is 1. The van der Waals surface area contributed by atoms with Gasteiger partial charge in [-0.1, -0.05) is 6.07 Å². The molecule has 3 aliphatic rings. The Hall–Kier alpha value is -1.79. The summed E-state index contributed by atoms with van der Waals surface area (Å²) in [5.41, 5.74) is 0.947. The Bertz CT molecular complexity index is 653. The van der Waals surface area contributed by atoms with Gasteiger partial charge in [-0.05, 0) is 37.0 Å². The van der Waals surface area contributed by atoms with Crippen LogP contribution in [-0.4, -0.2) is 55.1 Å². The second-order valence-corrected chi connectivity index (χ2v) is 7.28. The fraction of sp³-hybridized carbons (Fsp3) is 0.632. The summed E-state index contributed by atoms with van der Waals surface area (Å²) in [7, 11) is 1.71. The van der Waals surface area contributed by atoms with E-state index in [9.17, 15) is 9.90 Å². The molecular weight excluding hydrogens is 322 g/mol. The molecule has 0 bridgehead atoms. The molecule has 0 aromatic heterocycles. The molecule has 1 aromatic rings. The zero-order chi connectivity index (χ0) is 17.4. The minimum atomic E-state index is -0.289. The van der Waals surface area contributed by atoms with Gasteiger partial charge in [0.15, 0.2) is 11.5 Å². The molecule has 136 valence electrons. The number of fused-ring (bicyclic) bond motifs is 1. The first-order chi connectivity index (χ1) is 12.1. The minimum Gasteiger partial charge on any atom is -0.454 e. The maximum atomic E-state index is 12.5. The average molecular weight is 347 g/mol. The van der Waals surface area contributed by atoms with E-state index in [-0.39, 0.29) is 30.3 Å². The third-order valence-corrected chi connectivity index (χ3v) is 6.14. The van der Waals surface area contributed by atoms with Crippen molar-refractivity contribution in [3.8, 4) is 11.5 Å². The molecule has 2 fully saturated rings. The lowest BCUT2D eigenvalue weighted by molar-refractivity contribution is -0.202. The van der Waals surface area contributed by atoms with Crippen LogP contribution in [0, 0.1) is 5.41 Å². The maximum absolute atomic E-state index is 12.5. The second-order valence-electron chi connectivity index (χ2n) is 7.28.